The summed E-state index contributed by atoms with van der Waals surface area (Å²) >= 11 is 0. The van der Waals surface area contributed by atoms with Crippen molar-refractivity contribution in [3.8, 4) is 17.6 Å². The Hall–Kier alpha value is -3.49. The van der Waals surface area contributed by atoms with Gasteiger partial charge in [-0.25, -0.2) is 14.6 Å². The molecular formula is C19H19N5O4. The van der Waals surface area contributed by atoms with E-state index in [9.17, 15) is 9.59 Å². The van der Waals surface area contributed by atoms with Crippen molar-refractivity contribution in [2.75, 3.05) is 7.11 Å². The molecule has 0 amide bonds. The van der Waals surface area contributed by atoms with E-state index in [1.807, 2.05) is 0 Å². The number of hydrogen-bond acceptors (Lipinski definition) is 7. The molecule has 0 bridgehead atoms. The number of esters is 1. The van der Waals surface area contributed by atoms with E-state index in [-0.39, 0.29) is 11.7 Å². The maximum absolute atomic E-state index is 12.7. The highest BCUT2D eigenvalue weighted by molar-refractivity contribution is 5.89. The monoisotopic (exact) mass is 381 g/mol. The van der Waals surface area contributed by atoms with Crippen molar-refractivity contribution in [2.24, 2.45) is 0 Å². The zero-order valence-electron chi connectivity index (χ0n) is 15.4. The van der Waals surface area contributed by atoms with Crippen molar-refractivity contribution >= 4 is 5.97 Å². The zero-order chi connectivity index (χ0) is 19.5. The molecule has 0 fully saturated rings. The summed E-state index contributed by atoms with van der Waals surface area (Å²) in [7, 11) is 1.32. The standard InChI is InChI=1S/C19H19N5O4/c1-27-17(25)13-6-8-14(9-7-13)28-18-20-11-10-15(21-18)24-19(26)23-12-4-2-3-5-16(23)22-24/h6-11H,2-5,12H2,1H3. The van der Waals surface area contributed by atoms with Gasteiger partial charge in [-0.2, -0.15) is 9.67 Å². The lowest BCUT2D eigenvalue weighted by Gasteiger charge is -2.06. The molecule has 3 aromatic rings. The fourth-order valence-corrected chi connectivity index (χ4v) is 3.11. The molecule has 9 heteroatoms. The Morgan fingerprint density at radius 2 is 1.93 bits per heavy atom. The highest BCUT2D eigenvalue weighted by atomic mass is 16.5. The van der Waals surface area contributed by atoms with Crippen molar-refractivity contribution in [3.05, 3.63) is 58.4 Å². The van der Waals surface area contributed by atoms with Gasteiger partial charge in [0.2, 0.25) is 0 Å². The van der Waals surface area contributed by atoms with Crippen molar-refractivity contribution in [1.82, 2.24) is 24.3 Å². The number of rotatable bonds is 4. The Balaban J connectivity index is 1.59. The molecule has 0 aliphatic carbocycles. The Morgan fingerprint density at radius 3 is 2.71 bits per heavy atom. The van der Waals surface area contributed by atoms with Gasteiger partial charge in [-0.3, -0.25) is 4.57 Å². The molecule has 28 heavy (non-hydrogen) atoms. The maximum Gasteiger partial charge on any atom is 0.352 e. The van der Waals surface area contributed by atoms with Crippen LogP contribution in [0.25, 0.3) is 5.82 Å². The molecule has 1 aromatic carbocycles. The summed E-state index contributed by atoms with van der Waals surface area (Å²) in [6.07, 6.45) is 5.39. The van der Waals surface area contributed by atoms with Crippen LogP contribution in [0.4, 0.5) is 0 Å². The Bertz CT molecular complexity index is 1050. The Labute approximate surface area is 160 Å². The lowest BCUT2D eigenvalue weighted by Crippen LogP contribution is -2.24. The lowest BCUT2D eigenvalue weighted by atomic mass is 10.2. The molecule has 1 aliphatic heterocycles. The smallest absolute Gasteiger partial charge is 0.352 e. The van der Waals surface area contributed by atoms with Gasteiger partial charge in [-0.05, 0) is 37.1 Å². The van der Waals surface area contributed by atoms with Crippen LogP contribution in [0, 0.1) is 0 Å². The molecular weight excluding hydrogens is 362 g/mol. The molecule has 0 unspecified atom stereocenters. The number of ether oxygens (including phenoxy) is 2. The molecule has 2 aromatic heterocycles. The predicted molar refractivity (Wildman–Crippen MR) is 98.8 cm³/mol. The second-order valence-corrected chi connectivity index (χ2v) is 6.39. The van der Waals surface area contributed by atoms with Gasteiger partial charge in [0.25, 0.3) is 0 Å². The van der Waals surface area contributed by atoms with Crippen LogP contribution in [0.1, 0.15) is 35.4 Å². The number of fused-ring (bicyclic) bond motifs is 1. The first-order valence-electron chi connectivity index (χ1n) is 9.04. The zero-order valence-corrected chi connectivity index (χ0v) is 15.4. The number of hydrogen-bond donors (Lipinski definition) is 0. The van der Waals surface area contributed by atoms with Gasteiger partial charge in [-0.15, -0.1) is 5.10 Å². The normalized spacial score (nSPS) is 13.5. The predicted octanol–water partition coefficient (Wildman–Crippen LogP) is 2.13. The molecule has 0 atom stereocenters. The highest BCUT2D eigenvalue weighted by Gasteiger charge is 2.18. The first-order chi connectivity index (χ1) is 13.7. The van der Waals surface area contributed by atoms with E-state index in [0.717, 1.165) is 31.5 Å². The van der Waals surface area contributed by atoms with Gasteiger partial charge in [0, 0.05) is 25.2 Å². The first kappa shape index (κ1) is 17.9. The second kappa shape index (κ2) is 7.63. The van der Waals surface area contributed by atoms with Crippen molar-refractivity contribution < 1.29 is 14.3 Å². The second-order valence-electron chi connectivity index (χ2n) is 6.39. The van der Waals surface area contributed by atoms with Gasteiger partial charge in [0.1, 0.15) is 11.6 Å². The average Bonchev–Trinajstić information content (AvgIpc) is 2.89. The van der Waals surface area contributed by atoms with Crippen LogP contribution in [0.3, 0.4) is 0 Å². The summed E-state index contributed by atoms with van der Waals surface area (Å²) < 4.78 is 13.3. The van der Waals surface area contributed by atoms with Gasteiger partial charge in [0.05, 0.1) is 12.7 Å². The molecule has 0 N–H and O–H groups in total. The summed E-state index contributed by atoms with van der Waals surface area (Å²) in [6.45, 7) is 0.676. The Kier molecular flexibility index (Phi) is 4.88. The number of methoxy groups -OCH3 is 1. The van der Waals surface area contributed by atoms with Gasteiger partial charge in [0.15, 0.2) is 5.82 Å². The van der Waals surface area contributed by atoms with Gasteiger partial charge >= 0.3 is 17.7 Å². The molecule has 1 aliphatic rings. The number of aromatic nitrogens is 5. The summed E-state index contributed by atoms with van der Waals surface area (Å²) in [5.74, 6) is 1.16. The largest absolute Gasteiger partial charge is 0.465 e. The van der Waals surface area contributed by atoms with Gasteiger partial charge in [-0.1, -0.05) is 6.42 Å². The fourth-order valence-electron chi connectivity index (χ4n) is 3.11. The molecule has 0 saturated carbocycles. The van der Waals surface area contributed by atoms with Crippen LogP contribution in [0.5, 0.6) is 11.8 Å². The van der Waals surface area contributed by atoms with Crippen LogP contribution < -0.4 is 10.4 Å². The SMILES string of the molecule is COC(=O)c1ccc(Oc2nccc(-n3nc4n(c3=O)CCCCC4)n2)cc1. The van der Waals surface area contributed by atoms with E-state index in [2.05, 4.69) is 19.8 Å². The number of carbonyl (C=O) groups is 1. The van der Waals surface area contributed by atoms with E-state index >= 15 is 0 Å². The molecule has 9 nitrogen and oxygen atoms in total. The van der Waals surface area contributed by atoms with E-state index in [4.69, 9.17) is 4.74 Å². The molecule has 4 rings (SSSR count). The van der Waals surface area contributed by atoms with Gasteiger partial charge < -0.3 is 9.47 Å². The maximum atomic E-state index is 12.7. The number of aryl methyl sites for hydroxylation is 1. The lowest BCUT2D eigenvalue weighted by molar-refractivity contribution is 0.0600. The van der Waals surface area contributed by atoms with E-state index in [1.54, 1.807) is 34.9 Å². The number of nitrogens with zero attached hydrogens (tertiary/aromatic N) is 5. The summed E-state index contributed by atoms with van der Waals surface area (Å²) in [5.41, 5.74) is 0.208. The van der Waals surface area contributed by atoms with Crippen LogP contribution in [-0.4, -0.2) is 37.4 Å². The van der Waals surface area contributed by atoms with E-state index < -0.39 is 5.97 Å². The molecule has 3 heterocycles. The van der Waals surface area contributed by atoms with Crippen LogP contribution >= 0.6 is 0 Å². The van der Waals surface area contributed by atoms with Crippen molar-refractivity contribution in [3.63, 3.8) is 0 Å². The molecule has 144 valence electrons. The highest BCUT2D eigenvalue weighted by Crippen LogP contribution is 2.19. The minimum atomic E-state index is -0.427. The minimum Gasteiger partial charge on any atom is -0.465 e. The van der Waals surface area contributed by atoms with Crippen LogP contribution in [-0.2, 0) is 17.7 Å². The topological polar surface area (TPSA) is 101 Å². The number of carbonyl (C=O) groups excluding carboxylic acids is 1. The summed E-state index contributed by atoms with van der Waals surface area (Å²) in [4.78, 5) is 32.6. The third kappa shape index (κ3) is 3.51. The average molecular weight is 381 g/mol. The van der Waals surface area contributed by atoms with E-state index in [1.165, 1.54) is 18.0 Å². The van der Waals surface area contributed by atoms with Crippen molar-refractivity contribution in [1.29, 1.82) is 0 Å². The fraction of sp³-hybridized carbons (Fsp3) is 0.316. The third-order valence-electron chi connectivity index (χ3n) is 4.54. The first-order valence-corrected chi connectivity index (χ1v) is 9.04. The molecule has 0 saturated heterocycles. The summed E-state index contributed by atoms with van der Waals surface area (Å²) in [6, 6.07) is 8.10. The summed E-state index contributed by atoms with van der Waals surface area (Å²) in [5, 5.41) is 4.44. The van der Waals surface area contributed by atoms with Crippen LogP contribution in [0.15, 0.2) is 41.3 Å². The Morgan fingerprint density at radius 1 is 1.11 bits per heavy atom. The third-order valence-corrected chi connectivity index (χ3v) is 4.54. The quantitative estimate of drug-likeness (QED) is 0.638. The molecule has 0 radical (unpaired) electrons. The number of benzene rings is 1. The minimum absolute atomic E-state index is 0.0819. The molecule has 0 spiro atoms. The van der Waals surface area contributed by atoms with Crippen LogP contribution in [0.2, 0.25) is 0 Å². The van der Waals surface area contributed by atoms with Crippen molar-refractivity contribution in [2.45, 2.75) is 32.2 Å². The van der Waals surface area contributed by atoms with E-state index in [0.29, 0.717) is 23.7 Å².